The van der Waals surface area contributed by atoms with E-state index >= 15 is 0 Å². The molecule has 0 aliphatic carbocycles. The highest BCUT2D eigenvalue weighted by Crippen LogP contribution is 2.26. The maximum atomic E-state index is 5.53. The molecule has 24 heavy (non-hydrogen) atoms. The molecule has 0 amide bonds. The Hall–Kier alpha value is -1.99. The number of aromatic nitrogens is 4. The van der Waals surface area contributed by atoms with E-state index in [0.717, 1.165) is 55.6 Å². The Morgan fingerprint density at radius 2 is 2.00 bits per heavy atom. The molecule has 3 rings (SSSR count). The molecule has 0 unspecified atom stereocenters. The SMILES string of the molecule is Cc1cc(C)n(-c2cncc(NCC3(N(C)C)CCOCC3)n2)n1. The van der Waals surface area contributed by atoms with Gasteiger partial charge in [0.1, 0.15) is 5.82 Å². The minimum atomic E-state index is 0.0914. The lowest BCUT2D eigenvalue weighted by molar-refractivity contribution is -0.000667. The predicted octanol–water partition coefficient (Wildman–Crippen LogP) is 1.80. The number of nitrogens with one attached hydrogen (secondary N) is 1. The number of ether oxygens (including phenoxy) is 1. The fourth-order valence-corrected chi connectivity index (χ4v) is 3.19. The predicted molar refractivity (Wildman–Crippen MR) is 93.6 cm³/mol. The lowest BCUT2D eigenvalue weighted by Crippen LogP contribution is -2.53. The van der Waals surface area contributed by atoms with Crippen molar-refractivity contribution in [1.29, 1.82) is 0 Å². The molecular formula is C17H26N6O. The van der Waals surface area contributed by atoms with Crippen molar-refractivity contribution in [2.45, 2.75) is 32.2 Å². The van der Waals surface area contributed by atoms with Gasteiger partial charge in [-0.1, -0.05) is 0 Å². The molecule has 1 fully saturated rings. The monoisotopic (exact) mass is 330 g/mol. The summed E-state index contributed by atoms with van der Waals surface area (Å²) < 4.78 is 7.35. The molecule has 0 bridgehead atoms. The van der Waals surface area contributed by atoms with Gasteiger partial charge in [-0.25, -0.2) is 9.67 Å². The van der Waals surface area contributed by atoms with Crippen LogP contribution in [-0.4, -0.2) is 64.0 Å². The van der Waals surface area contributed by atoms with Crippen LogP contribution in [0.5, 0.6) is 0 Å². The molecule has 7 heteroatoms. The Morgan fingerprint density at radius 3 is 2.62 bits per heavy atom. The van der Waals surface area contributed by atoms with Crippen LogP contribution in [0.15, 0.2) is 18.5 Å². The average molecular weight is 330 g/mol. The molecule has 0 radical (unpaired) electrons. The summed E-state index contributed by atoms with van der Waals surface area (Å²) in [5, 5.41) is 7.94. The van der Waals surface area contributed by atoms with Crippen LogP contribution < -0.4 is 5.32 Å². The van der Waals surface area contributed by atoms with Crippen molar-refractivity contribution in [2.75, 3.05) is 39.2 Å². The first-order chi connectivity index (χ1) is 11.5. The van der Waals surface area contributed by atoms with Gasteiger partial charge in [-0.05, 0) is 46.9 Å². The highest BCUT2D eigenvalue weighted by molar-refractivity contribution is 5.37. The second kappa shape index (κ2) is 6.86. The van der Waals surface area contributed by atoms with Gasteiger partial charge in [-0.2, -0.15) is 5.10 Å². The first-order valence-corrected chi connectivity index (χ1v) is 8.35. The van der Waals surface area contributed by atoms with E-state index in [1.165, 1.54) is 0 Å². The lowest BCUT2D eigenvalue weighted by atomic mass is 9.88. The van der Waals surface area contributed by atoms with Crippen molar-refractivity contribution in [3.05, 3.63) is 29.8 Å². The van der Waals surface area contributed by atoms with Gasteiger partial charge in [-0.3, -0.25) is 4.98 Å². The highest BCUT2D eigenvalue weighted by atomic mass is 16.5. The minimum Gasteiger partial charge on any atom is -0.381 e. The van der Waals surface area contributed by atoms with E-state index in [1.54, 1.807) is 12.4 Å². The van der Waals surface area contributed by atoms with Gasteiger partial charge >= 0.3 is 0 Å². The fraction of sp³-hybridized carbons (Fsp3) is 0.588. The minimum absolute atomic E-state index is 0.0914. The maximum Gasteiger partial charge on any atom is 0.174 e. The van der Waals surface area contributed by atoms with Crippen LogP contribution in [0.25, 0.3) is 5.82 Å². The summed E-state index contributed by atoms with van der Waals surface area (Å²) in [6.45, 7) is 6.42. The molecule has 1 aliphatic heterocycles. The Balaban J connectivity index is 1.76. The van der Waals surface area contributed by atoms with Crippen LogP contribution in [0.4, 0.5) is 5.82 Å². The molecule has 1 N–H and O–H groups in total. The Labute approximate surface area is 143 Å². The lowest BCUT2D eigenvalue weighted by Gasteiger charge is -2.43. The molecule has 130 valence electrons. The van der Waals surface area contributed by atoms with Crippen molar-refractivity contribution in [3.63, 3.8) is 0 Å². The summed E-state index contributed by atoms with van der Waals surface area (Å²) in [6, 6.07) is 2.03. The molecule has 7 nitrogen and oxygen atoms in total. The van der Waals surface area contributed by atoms with Gasteiger partial charge in [0, 0.05) is 31.0 Å². The summed E-state index contributed by atoms with van der Waals surface area (Å²) in [5.74, 6) is 1.50. The molecule has 0 saturated carbocycles. The van der Waals surface area contributed by atoms with E-state index in [2.05, 4.69) is 39.4 Å². The summed E-state index contributed by atoms with van der Waals surface area (Å²) in [4.78, 5) is 11.3. The zero-order valence-electron chi connectivity index (χ0n) is 14.9. The number of nitrogens with zero attached hydrogens (tertiary/aromatic N) is 5. The third kappa shape index (κ3) is 3.42. The third-order valence-corrected chi connectivity index (χ3v) is 4.82. The van der Waals surface area contributed by atoms with E-state index in [4.69, 9.17) is 4.74 Å². The topological polar surface area (TPSA) is 68.1 Å². The Bertz CT molecular complexity index is 690. The Kier molecular flexibility index (Phi) is 4.82. The van der Waals surface area contributed by atoms with Crippen molar-refractivity contribution >= 4 is 5.82 Å². The van der Waals surface area contributed by atoms with E-state index in [1.807, 2.05) is 24.6 Å². The van der Waals surface area contributed by atoms with Gasteiger partial charge in [0.25, 0.3) is 0 Å². The zero-order valence-corrected chi connectivity index (χ0v) is 14.9. The summed E-state index contributed by atoms with van der Waals surface area (Å²) in [6.07, 6.45) is 5.52. The molecule has 1 saturated heterocycles. The molecule has 0 aromatic carbocycles. The fourth-order valence-electron chi connectivity index (χ4n) is 3.19. The van der Waals surface area contributed by atoms with Crippen molar-refractivity contribution < 1.29 is 4.74 Å². The van der Waals surface area contributed by atoms with Gasteiger partial charge < -0.3 is 15.0 Å². The number of likely N-dealkylation sites (N-methyl/N-ethyl adjacent to an activating group) is 1. The van der Waals surface area contributed by atoms with E-state index in [0.29, 0.717) is 0 Å². The van der Waals surface area contributed by atoms with Crippen LogP contribution in [0.3, 0.4) is 0 Å². The standard InChI is InChI=1S/C17H26N6O/c1-13-9-14(2)23(21-13)16-11-18-10-15(20-16)19-12-17(22(3)4)5-7-24-8-6-17/h9-11H,5-8,12H2,1-4H3,(H,19,20). The van der Waals surface area contributed by atoms with Crippen molar-refractivity contribution in [2.24, 2.45) is 0 Å². The second-order valence-corrected chi connectivity index (χ2v) is 6.69. The first-order valence-electron chi connectivity index (χ1n) is 8.35. The quantitative estimate of drug-likeness (QED) is 0.902. The largest absolute Gasteiger partial charge is 0.381 e. The van der Waals surface area contributed by atoms with Crippen LogP contribution >= 0.6 is 0 Å². The second-order valence-electron chi connectivity index (χ2n) is 6.69. The van der Waals surface area contributed by atoms with Crippen molar-refractivity contribution in [3.8, 4) is 5.82 Å². The third-order valence-electron chi connectivity index (χ3n) is 4.82. The molecule has 0 spiro atoms. The zero-order chi connectivity index (χ0) is 17.2. The first kappa shape index (κ1) is 16.9. The number of hydrogen-bond acceptors (Lipinski definition) is 6. The summed E-state index contributed by atoms with van der Waals surface area (Å²) in [5.41, 5.74) is 2.11. The molecule has 1 aliphatic rings. The van der Waals surface area contributed by atoms with Gasteiger partial charge in [0.05, 0.1) is 18.1 Å². The van der Waals surface area contributed by atoms with Crippen LogP contribution in [0.2, 0.25) is 0 Å². The van der Waals surface area contributed by atoms with Gasteiger partial charge in [-0.15, -0.1) is 0 Å². The number of aryl methyl sites for hydroxylation is 2. The van der Waals surface area contributed by atoms with Crippen LogP contribution in [-0.2, 0) is 4.74 Å². The van der Waals surface area contributed by atoms with Gasteiger partial charge in [0.15, 0.2) is 5.82 Å². The number of rotatable bonds is 5. The van der Waals surface area contributed by atoms with Gasteiger partial charge in [0.2, 0.25) is 0 Å². The Morgan fingerprint density at radius 1 is 1.25 bits per heavy atom. The van der Waals surface area contributed by atoms with Crippen molar-refractivity contribution in [1.82, 2.24) is 24.6 Å². The summed E-state index contributed by atoms with van der Waals surface area (Å²) in [7, 11) is 4.26. The highest BCUT2D eigenvalue weighted by Gasteiger charge is 2.34. The molecular weight excluding hydrogens is 304 g/mol. The maximum absolute atomic E-state index is 5.53. The van der Waals surface area contributed by atoms with E-state index in [-0.39, 0.29) is 5.54 Å². The van der Waals surface area contributed by atoms with E-state index < -0.39 is 0 Å². The molecule has 2 aromatic heterocycles. The normalized spacial score (nSPS) is 17.2. The van der Waals surface area contributed by atoms with Crippen LogP contribution in [0, 0.1) is 13.8 Å². The summed E-state index contributed by atoms with van der Waals surface area (Å²) >= 11 is 0. The number of hydrogen-bond donors (Lipinski definition) is 1. The van der Waals surface area contributed by atoms with Crippen LogP contribution in [0.1, 0.15) is 24.2 Å². The number of anilines is 1. The molecule has 2 aromatic rings. The average Bonchev–Trinajstić information content (AvgIpc) is 2.92. The smallest absolute Gasteiger partial charge is 0.174 e. The molecule has 3 heterocycles. The molecule has 0 atom stereocenters. The van der Waals surface area contributed by atoms with E-state index in [9.17, 15) is 0 Å².